The molecule has 0 unspecified atom stereocenters. The average molecular weight is 501 g/mol. The van der Waals surface area contributed by atoms with Crippen LogP contribution in [0.25, 0.3) is 6.08 Å². The summed E-state index contributed by atoms with van der Waals surface area (Å²) in [5, 5.41) is 0. The van der Waals surface area contributed by atoms with Crippen LogP contribution in [0.3, 0.4) is 0 Å². The molecule has 2 heterocycles. The third-order valence-electron chi connectivity index (χ3n) is 10.5. The van der Waals surface area contributed by atoms with Crippen LogP contribution in [0.1, 0.15) is 29.5 Å². The first kappa shape index (κ1) is 24.2. The Bertz CT molecular complexity index is 849. The highest BCUT2D eigenvalue weighted by molar-refractivity contribution is 7.31. The summed E-state index contributed by atoms with van der Waals surface area (Å²) in [5.41, 5.74) is 5.15. The summed E-state index contributed by atoms with van der Waals surface area (Å²) in [5.74, 6) is 0. The minimum absolute atomic E-state index is 0.741. The van der Waals surface area contributed by atoms with Gasteiger partial charge in [-0.3, -0.25) is 0 Å². The Morgan fingerprint density at radius 1 is 0.677 bits per heavy atom. The zero-order valence-electron chi connectivity index (χ0n) is 22.5. The molecule has 0 aromatic heterocycles. The molecular weight excluding hydrogens is 453 g/mol. The van der Waals surface area contributed by atoms with Crippen LogP contribution in [0.15, 0.2) is 30.3 Å². The molecule has 1 aromatic rings. The number of hydrogen-bond acceptors (Lipinski definition) is 0. The molecule has 1 spiro atoms. The molecule has 4 rings (SSSR count). The van der Waals surface area contributed by atoms with Gasteiger partial charge < -0.3 is 0 Å². The normalized spacial score (nSPS) is 28.4. The highest BCUT2D eigenvalue weighted by atomic mass is 28.5. The number of allylic oxidation sites excluding steroid dienone is 1. The second-order valence-corrected chi connectivity index (χ2v) is 44.3. The Morgan fingerprint density at radius 2 is 1.10 bits per heavy atom. The summed E-state index contributed by atoms with van der Waals surface area (Å²) in [7, 11) is -7.30. The molecule has 0 radical (unpaired) electrons. The fourth-order valence-electron chi connectivity index (χ4n) is 10.8. The van der Waals surface area contributed by atoms with E-state index in [4.69, 9.17) is 0 Å². The number of hydrogen-bond donors (Lipinski definition) is 0. The van der Waals surface area contributed by atoms with Crippen molar-refractivity contribution in [1.82, 2.24) is 0 Å². The quantitative estimate of drug-likeness (QED) is 0.362. The van der Waals surface area contributed by atoms with Gasteiger partial charge in [0.25, 0.3) is 0 Å². The second-order valence-electron chi connectivity index (χ2n) is 15.2. The van der Waals surface area contributed by atoms with E-state index in [1.165, 1.54) is 0 Å². The summed E-state index contributed by atoms with van der Waals surface area (Å²) in [6.07, 6.45) is 8.51. The van der Waals surface area contributed by atoms with E-state index in [9.17, 15) is 0 Å². The lowest BCUT2D eigenvalue weighted by Gasteiger charge is -2.62. The third-order valence-corrected chi connectivity index (χ3v) is 50.9. The van der Waals surface area contributed by atoms with E-state index in [2.05, 4.69) is 115 Å². The minimum atomic E-state index is -1.68. The molecule has 2 atom stereocenters. The maximum atomic E-state index is 2.80. The van der Waals surface area contributed by atoms with Crippen molar-refractivity contribution >= 4 is 46.4 Å². The van der Waals surface area contributed by atoms with Crippen LogP contribution in [-0.4, -0.2) is 40.4 Å². The summed E-state index contributed by atoms with van der Waals surface area (Å²) >= 11 is 0. The van der Waals surface area contributed by atoms with Gasteiger partial charge in [0.15, 0.2) is 0 Å². The number of rotatable bonds is 4. The molecule has 1 aromatic carbocycles. The van der Waals surface area contributed by atoms with Crippen LogP contribution < -0.4 is 0 Å². The zero-order chi connectivity index (χ0) is 23.5. The molecule has 0 amide bonds. The molecule has 1 aliphatic carbocycles. The van der Waals surface area contributed by atoms with Crippen molar-refractivity contribution in [2.24, 2.45) is 0 Å². The van der Waals surface area contributed by atoms with Crippen LogP contribution in [-0.2, 0) is 0 Å². The zero-order valence-corrected chi connectivity index (χ0v) is 27.5. The molecule has 2 saturated heterocycles. The minimum Gasteiger partial charge on any atom is -0.0831 e. The van der Waals surface area contributed by atoms with Crippen LogP contribution in [0, 0.1) is 0 Å². The Morgan fingerprint density at radius 3 is 1.52 bits per heavy atom. The van der Waals surface area contributed by atoms with E-state index < -0.39 is 40.4 Å². The van der Waals surface area contributed by atoms with E-state index in [1.807, 2.05) is 0 Å². The standard InChI is InChI=1S/C26H48Si5/c1-27(2,3)25(28(4,5)6)19-20-26(29(7,8)9,30(10,11)12)31(25)23-18-17-21-15-13-14-16-22(21)24(23)31/h13-18,23-24H,19-20H2,1-12H3/t23-,24+/m1/s1. The predicted molar refractivity (Wildman–Crippen MR) is 156 cm³/mol. The third kappa shape index (κ3) is 2.62. The summed E-state index contributed by atoms with van der Waals surface area (Å²) in [4.78, 5) is 0. The molecule has 0 bridgehead atoms. The van der Waals surface area contributed by atoms with Crippen molar-refractivity contribution in [3.8, 4) is 0 Å². The molecule has 2 aliphatic heterocycles. The van der Waals surface area contributed by atoms with Crippen molar-refractivity contribution in [2.45, 2.75) is 111 Å². The lowest BCUT2D eigenvalue weighted by Crippen LogP contribution is -2.71. The highest BCUT2D eigenvalue weighted by Crippen LogP contribution is 2.91. The Balaban J connectivity index is 2.16. The van der Waals surface area contributed by atoms with E-state index in [-0.39, 0.29) is 0 Å². The van der Waals surface area contributed by atoms with Crippen LogP contribution >= 0.6 is 0 Å². The molecule has 5 heteroatoms. The molecule has 0 saturated carbocycles. The maximum Gasteiger partial charge on any atom is 0.0706 e. The maximum absolute atomic E-state index is 2.80. The Kier molecular flexibility index (Phi) is 5.14. The highest BCUT2D eigenvalue weighted by Gasteiger charge is 2.91. The van der Waals surface area contributed by atoms with Crippen molar-refractivity contribution < 1.29 is 0 Å². The largest absolute Gasteiger partial charge is 0.0831 e. The lowest BCUT2D eigenvalue weighted by molar-refractivity contribution is 0.763. The SMILES string of the molecule is C[Si](C)(C)C1([Si](C)(C)C)CCC([Si](C)(C)C)([Si](C)(C)C)[Si]12[C@@H]1C=Cc3ccccc3[C@@H]12. The summed E-state index contributed by atoms with van der Waals surface area (Å²) in [6, 6.07) is 9.57. The molecule has 0 N–H and O–H groups in total. The number of fused-ring (bicyclic) bond motifs is 5. The first-order valence-corrected chi connectivity index (χ1v) is 28.8. The van der Waals surface area contributed by atoms with Crippen molar-refractivity contribution in [3.05, 3.63) is 41.5 Å². The molecule has 31 heavy (non-hydrogen) atoms. The fourth-order valence-corrected chi connectivity index (χ4v) is 66.8. The topological polar surface area (TPSA) is 0 Å². The molecule has 3 aliphatic rings. The van der Waals surface area contributed by atoms with Crippen molar-refractivity contribution in [3.63, 3.8) is 0 Å². The molecular formula is C26H48Si5. The molecule has 2 fully saturated rings. The van der Waals surface area contributed by atoms with Crippen LogP contribution in [0.2, 0.25) is 92.7 Å². The van der Waals surface area contributed by atoms with Gasteiger partial charge in [-0.05, 0) is 30.8 Å². The first-order valence-electron chi connectivity index (χ1n) is 12.7. The van der Waals surface area contributed by atoms with Crippen molar-refractivity contribution in [1.29, 1.82) is 0 Å². The fraction of sp³-hybridized carbons (Fsp3) is 0.692. The predicted octanol–water partition coefficient (Wildman–Crippen LogP) is 8.95. The Hall–Kier alpha value is 0.0444. The van der Waals surface area contributed by atoms with E-state index in [1.54, 1.807) is 24.0 Å². The van der Waals surface area contributed by atoms with Gasteiger partial charge in [-0.2, -0.15) is 0 Å². The average Bonchev–Trinajstić information content (AvgIpc) is 3.08. The van der Waals surface area contributed by atoms with Gasteiger partial charge in [0, 0.05) is 32.3 Å². The van der Waals surface area contributed by atoms with Gasteiger partial charge in [0.2, 0.25) is 0 Å². The van der Waals surface area contributed by atoms with Crippen LogP contribution in [0.4, 0.5) is 0 Å². The second kappa shape index (κ2) is 6.58. The van der Waals surface area contributed by atoms with Gasteiger partial charge >= 0.3 is 0 Å². The summed E-state index contributed by atoms with van der Waals surface area (Å²) < 4.78 is 1.48. The van der Waals surface area contributed by atoms with Gasteiger partial charge in [-0.1, -0.05) is 128 Å². The van der Waals surface area contributed by atoms with Gasteiger partial charge in [0.1, 0.15) is 0 Å². The van der Waals surface area contributed by atoms with E-state index in [0.29, 0.717) is 0 Å². The summed E-state index contributed by atoms with van der Waals surface area (Å²) in [6.45, 7) is 33.6. The number of benzene rings is 1. The molecule has 0 nitrogen and oxygen atoms in total. The smallest absolute Gasteiger partial charge is 0.0706 e. The molecule has 172 valence electrons. The lowest BCUT2D eigenvalue weighted by atomic mass is 9.98. The van der Waals surface area contributed by atoms with Gasteiger partial charge in [0.05, 0.1) is 8.07 Å². The van der Waals surface area contributed by atoms with E-state index in [0.717, 1.165) is 19.7 Å². The van der Waals surface area contributed by atoms with E-state index >= 15 is 0 Å². The van der Waals surface area contributed by atoms with Crippen LogP contribution in [0.5, 0.6) is 0 Å². The van der Waals surface area contributed by atoms with Crippen molar-refractivity contribution in [2.75, 3.05) is 0 Å². The first-order chi connectivity index (χ1) is 13.9. The monoisotopic (exact) mass is 500 g/mol. The van der Waals surface area contributed by atoms with Gasteiger partial charge in [-0.15, -0.1) is 0 Å². The van der Waals surface area contributed by atoms with Gasteiger partial charge in [-0.25, -0.2) is 0 Å². The Labute approximate surface area is 198 Å².